The van der Waals surface area contributed by atoms with E-state index in [2.05, 4.69) is 9.71 Å². The Morgan fingerprint density at radius 3 is 2.74 bits per heavy atom. The minimum atomic E-state index is -3.84. The molecule has 2 aliphatic rings. The van der Waals surface area contributed by atoms with E-state index >= 15 is 0 Å². The summed E-state index contributed by atoms with van der Waals surface area (Å²) in [6, 6.07) is 2.83. The average molecular weight is 343 g/mol. The SMILES string of the molecule is CN(CC1CCOC1)c1ccc(S(=O)(=O)NCC2CC2)c(F)n1. The second-order valence-corrected chi connectivity index (χ2v) is 8.10. The second-order valence-electron chi connectivity index (χ2n) is 6.36. The van der Waals surface area contributed by atoms with Crippen LogP contribution >= 0.6 is 0 Å². The van der Waals surface area contributed by atoms with Crippen LogP contribution in [0.5, 0.6) is 0 Å². The fourth-order valence-electron chi connectivity index (χ4n) is 2.66. The summed E-state index contributed by atoms with van der Waals surface area (Å²) < 4.78 is 46.2. The standard InChI is InChI=1S/C15H22FN3O3S/c1-19(9-12-6-7-22-10-12)14-5-4-13(15(16)18-14)23(20,21)17-8-11-2-3-11/h4-5,11-12,17H,2-3,6-10H2,1H3. The third-order valence-electron chi connectivity index (χ3n) is 4.30. The van der Waals surface area contributed by atoms with Crippen molar-refractivity contribution in [3.63, 3.8) is 0 Å². The Hall–Kier alpha value is -1.25. The third-order valence-corrected chi connectivity index (χ3v) is 5.73. The summed E-state index contributed by atoms with van der Waals surface area (Å²) in [6.45, 7) is 2.53. The molecular formula is C15H22FN3O3S. The molecule has 1 unspecified atom stereocenters. The molecule has 23 heavy (non-hydrogen) atoms. The largest absolute Gasteiger partial charge is 0.381 e. The van der Waals surface area contributed by atoms with E-state index in [9.17, 15) is 12.8 Å². The predicted molar refractivity (Wildman–Crippen MR) is 84.3 cm³/mol. The molecule has 1 saturated heterocycles. The number of pyridine rings is 1. The summed E-state index contributed by atoms with van der Waals surface area (Å²) in [5, 5.41) is 0. The number of nitrogens with one attached hydrogen (secondary N) is 1. The molecule has 1 atom stereocenters. The Morgan fingerprint density at radius 2 is 2.13 bits per heavy atom. The van der Waals surface area contributed by atoms with Crippen molar-refractivity contribution in [3.8, 4) is 0 Å². The van der Waals surface area contributed by atoms with Crippen molar-refractivity contribution < 1.29 is 17.5 Å². The van der Waals surface area contributed by atoms with Gasteiger partial charge in [0.25, 0.3) is 0 Å². The zero-order valence-corrected chi connectivity index (χ0v) is 14.0. The van der Waals surface area contributed by atoms with Crippen LogP contribution in [0, 0.1) is 17.8 Å². The van der Waals surface area contributed by atoms with Crippen molar-refractivity contribution in [1.29, 1.82) is 0 Å². The molecule has 0 spiro atoms. The lowest BCUT2D eigenvalue weighted by Crippen LogP contribution is -2.29. The second kappa shape index (κ2) is 6.70. The molecule has 1 N–H and O–H groups in total. The number of hydrogen-bond donors (Lipinski definition) is 1. The van der Waals surface area contributed by atoms with Gasteiger partial charge < -0.3 is 9.64 Å². The van der Waals surface area contributed by atoms with Crippen molar-refractivity contribution in [2.24, 2.45) is 11.8 Å². The van der Waals surface area contributed by atoms with E-state index in [4.69, 9.17) is 4.74 Å². The third kappa shape index (κ3) is 4.19. The van der Waals surface area contributed by atoms with Gasteiger partial charge >= 0.3 is 0 Å². The molecule has 8 heteroatoms. The zero-order valence-electron chi connectivity index (χ0n) is 13.2. The van der Waals surface area contributed by atoms with Gasteiger partial charge in [0.2, 0.25) is 16.0 Å². The summed E-state index contributed by atoms with van der Waals surface area (Å²) in [7, 11) is -2.02. The van der Waals surface area contributed by atoms with Crippen molar-refractivity contribution in [3.05, 3.63) is 18.1 Å². The number of anilines is 1. The molecule has 1 aliphatic carbocycles. The van der Waals surface area contributed by atoms with E-state index in [0.717, 1.165) is 25.9 Å². The molecule has 3 rings (SSSR count). The van der Waals surface area contributed by atoms with Crippen molar-refractivity contribution in [2.75, 3.05) is 38.3 Å². The predicted octanol–water partition coefficient (Wildman–Crippen LogP) is 1.38. The average Bonchev–Trinajstić information content (AvgIpc) is 3.21. The minimum absolute atomic E-state index is 0.366. The maximum absolute atomic E-state index is 14.2. The Morgan fingerprint density at radius 1 is 1.35 bits per heavy atom. The lowest BCUT2D eigenvalue weighted by Gasteiger charge is -2.21. The van der Waals surface area contributed by atoms with Gasteiger partial charge in [-0.05, 0) is 37.3 Å². The lowest BCUT2D eigenvalue weighted by atomic mass is 10.1. The van der Waals surface area contributed by atoms with E-state index in [1.807, 2.05) is 11.9 Å². The minimum Gasteiger partial charge on any atom is -0.381 e. The van der Waals surface area contributed by atoms with Crippen molar-refractivity contribution >= 4 is 15.8 Å². The van der Waals surface area contributed by atoms with Gasteiger partial charge in [0, 0.05) is 32.7 Å². The molecule has 2 heterocycles. The van der Waals surface area contributed by atoms with Crippen LogP contribution in [-0.2, 0) is 14.8 Å². The van der Waals surface area contributed by atoms with E-state index in [1.165, 1.54) is 6.07 Å². The van der Waals surface area contributed by atoms with E-state index in [0.29, 0.717) is 37.4 Å². The monoisotopic (exact) mass is 343 g/mol. The number of nitrogens with zero attached hydrogens (tertiary/aromatic N) is 2. The molecule has 0 bridgehead atoms. The number of halogens is 1. The highest BCUT2D eigenvalue weighted by Crippen LogP contribution is 2.28. The highest BCUT2D eigenvalue weighted by molar-refractivity contribution is 7.89. The van der Waals surface area contributed by atoms with Crippen LogP contribution in [0.3, 0.4) is 0 Å². The zero-order chi connectivity index (χ0) is 16.4. The van der Waals surface area contributed by atoms with Crippen molar-refractivity contribution in [1.82, 2.24) is 9.71 Å². The summed E-state index contributed by atoms with van der Waals surface area (Å²) in [6.07, 6.45) is 3.03. The molecule has 0 radical (unpaired) electrons. The highest BCUT2D eigenvalue weighted by Gasteiger charge is 2.27. The Balaban J connectivity index is 1.68. The van der Waals surface area contributed by atoms with Gasteiger partial charge in [0.15, 0.2) is 0 Å². The summed E-state index contributed by atoms with van der Waals surface area (Å²) in [5.41, 5.74) is 0. The molecule has 1 aliphatic heterocycles. The van der Waals surface area contributed by atoms with Gasteiger partial charge in [-0.3, -0.25) is 0 Å². The molecule has 2 fully saturated rings. The highest BCUT2D eigenvalue weighted by atomic mass is 32.2. The van der Waals surface area contributed by atoms with Crippen molar-refractivity contribution in [2.45, 2.75) is 24.2 Å². The Bertz CT molecular complexity index is 658. The summed E-state index contributed by atoms with van der Waals surface area (Å²) in [5.74, 6) is 0.254. The van der Waals surface area contributed by atoms with Crippen LogP contribution in [0.25, 0.3) is 0 Å². The number of rotatable bonds is 7. The molecule has 128 valence electrons. The molecule has 6 nitrogen and oxygen atoms in total. The smallest absolute Gasteiger partial charge is 0.245 e. The quantitative estimate of drug-likeness (QED) is 0.758. The maximum Gasteiger partial charge on any atom is 0.245 e. The van der Waals surface area contributed by atoms with E-state index in [1.54, 1.807) is 6.07 Å². The van der Waals surface area contributed by atoms with E-state index < -0.39 is 16.0 Å². The lowest BCUT2D eigenvalue weighted by molar-refractivity contribution is 0.186. The summed E-state index contributed by atoms with van der Waals surface area (Å²) >= 11 is 0. The molecule has 0 amide bonds. The van der Waals surface area contributed by atoms with Gasteiger partial charge in [-0.15, -0.1) is 0 Å². The van der Waals surface area contributed by atoms with Crippen LogP contribution in [0.2, 0.25) is 0 Å². The molecule has 1 aromatic rings. The normalized spacial score (nSPS) is 21.6. The number of sulfonamides is 1. The van der Waals surface area contributed by atoms with Gasteiger partial charge in [-0.2, -0.15) is 4.39 Å². The van der Waals surface area contributed by atoms with Crippen LogP contribution in [0.4, 0.5) is 10.2 Å². The van der Waals surface area contributed by atoms with Gasteiger partial charge in [0.1, 0.15) is 10.7 Å². The molecule has 1 aromatic heterocycles. The van der Waals surface area contributed by atoms with E-state index in [-0.39, 0.29) is 4.90 Å². The number of aromatic nitrogens is 1. The Labute approximate surface area is 136 Å². The van der Waals surface area contributed by atoms with Crippen LogP contribution in [0.1, 0.15) is 19.3 Å². The first-order chi connectivity index (χ1) is 11.0. The van der Waals surface area contributed by atoms with Gasteiger partial charge in [0.05, 0.1) is 6.61 Å². The topological polar surface area (TPSA) is 71.5 Å². The fourth-order valence-corrected chi connectivity index (χ4v) is 3.79. The van der Waals surface area contributed by atoms with Gasteiger partial charge in [-0.1, -0.05) is 0 Å². The maximum atomic E-state index is 14.2. The first-order valence-corrected chi connectivity index (χ1v) is 9.39. The Kier molecular flexibility index (Phi) is 4.84. The molecule has 0 aromatic carbocycles. The number of hydrogen-bond acceptors (Lipinski definition) is 5. The summed E-state index contributed by atoms with van der Waals surface area (Å²) in [4.78, 5) is 5.26. The van der Waals surface area contributed by atoms with Crippen LogP contribution in [0.15, 0.2) is 17.0 Å². The van der Waals surface area contributed by atoms with Crippen LogP contribution in [-0.4, -0.2) is 46.8 Å². The van der Waals surface area contributed by atoms with Crippen LogP contribution < -0.4 is 9.62 Å². The molecule has 1 saturated carbocycles. The molecular weight excluding hydrogens is 321 g/mol. The number of ether oxygens (including phenoxy) is 1. The first-order valence-electron chi connectivity index (χ1n) is 7.91. The fraction of sp³-hybridized carbons (Fsp3) is 0.667. The first kappa shape index (κ1) is 16.6. The van der Waals surface area contributed by atoms with Gasteiger partial charge in [-0.25, -0.2) is 18.1 Å².